The van der Waals surface area contributed by atoms with E-state index in [2.05, 4.69) is 69.9 Å². The van der Waals surface area contributed by atoms with E-state index in [0.717, 1.165) is 55.6 Å². The Morgan fingerprint density at radius 3 is 2.56 bits per heavy atom. The molecule has 0 saturated heterocycles. The molecule has 3 aromatic rings. The van der Waals surface area contributed by atoms with Gasteiger partial charge in [-0.1, -0.05) is 36.4 Å². The van der Waals surface area contributed by atoms with Gasteiger partial charge in [0.1, 0.15) is 11.6 Å². The van der Waals surface area contributed by atoms with Crippen LogP contribution in [-0.2, 0) is 19.5 Å². The van der Waals surface area contributed by atoms with Gasteiger partial charge in [-0.15, -0.1) is 10.2 Å². The monoisotopic (exact) mass is 362 g/mol. The van der Waals surface area contributed by atoms with E-state index >= 15 is 0 Å². The maximum atomic E-state index is 5.45. The van der Waals surface area contributed by atoms with Crippen molar-refractivity contribution in [3.8, 4) is 17.1 Å². The van der Waals surface area contributed by atoms with Crippen LogP contribution in [0.2, 0.25) is 0 Å². The van der Waals surface area contributed by atoms with E-state index in [9.17, 15) is 0 Å². The highest BCUT2D eigenvalue weighted by Crippen LogP contribution is 2.25. The standard InChI is InChI=1S/C22H26N4O/c1-16-14-20(27-3)17(2)13-19(16)15-25-10-9-21-23-24-22(26(21)12-11-25)18-7-5-4-6-8-18/h4-8,13-14H,9-12,15H2,1-3H3. The van der Waals surface area contributed by atoms with Gasteiger partial charge in [-0.25, -0.2) is 0 Å². The largest absolute Gasteiger partial charge is 0.496 e. The van der Waals surface area contributed by atoms with Crippen LogP contribution in [0.1, 0.15) is 22.5 Å². The first-order valence-corrected chi connectivity index (χ1v) is 9.49. The lowest BCUT2D eigenvalue weighted by Crippen LogP contribution is -2.27. The summed E-state index contributed by atoms with van der Waals surface area (Å²) < 4.78 is 7.72. The number of aryl methyl sites for hydroxylation is 2. The van der Waals surface area contributed by atoms with E-state index in [1.165, 1.54) is 16.7 Å². The minimum Gasteiger partial charge on any atom is -0.496 e. The molecule has 0 N–H and O–H groups in total. The normalized spacial score (nSPS) is 14.6. The summed E-state index contributed by atoms with van der Waals surface area (Å²) in [5, 5.41) is 8.90. The summed E-state index contributed by atoms with van der Waals surface area (Å²) in [6.45, 7) is 8.14. The summed E-state index contributed by atoms with van der Waals surface area (Å²) in [4.78, 5) is 2.51. The molecule has 1 aliphatic heterocycles. The van der Waals surface area contributed by atoms with Crippen LogP contribution in [0.3, 0.4) is 0 Å². The number of hydrogen-bond donors (Lipinski definition) is 0. The number of fused-ring (bicyclic) bond motifs is 1. The summed E-state index contributed by atoms with van der Waals surface area (Å²) in [6.07, 6.45) is 0.925. The summed E-state index contributed by atoms with van der Waals surface area (Å²) in [5.41, 5.74) is 4.98. The van der Waals surface area contributed by atoms with E-state index in [-0.39, 0.29) is 0 Å². The molecule has 0 atom stereocenters. The minimum absolute atomic E-state index is 0.917. The first kappa shape index (κ1) is 17.7. The fourth-order valence-corrected chi connectivity index (χ4v) is 3.81. The molecule has 2 heterocycles. The highest BCUT2D eigenvalue weighted by molar-refractivity contribution is 5.55. The van der Waals surface area contributed by atoms with Crippen LogP contribution in [0.4, 0.5) is 0 Å². The quantitative estimate of drug-likeness (QED) is 0.711. The van der Waals surface area contributed by atoms with Gasteiger partial charge >= 0.3 is 0 Å². The predicted molar refractivity (Wildman–Crippen MR) is 107 cm³/mol. The van der Waals surface area contributed by atoms with Crippen molar-refractivity contribution in [2.45, 2.75) is 33.4 Å². The molecule has 1 aliphatic rings. The first-order valence-electron chi connectivity index (χ1n) is 9.49. The number of ether oxygens (including phenoxy) is 1. The molecule has 0 radical (unpaired) electrons. The summed E-state index contributed by atoms with van der Waals surface area (Å²) in [7, 11) is 1.73. The van der Waals surface area contributed by atoms with Crippen molar-refractivity contribution in [1.29, 1.82) is 0 Å². The molecule has 1 aromatic heterocycles. The molecule has 0 unspecified atom stereocenters. The van der Waals surface area contributed by atoms with E-state index in [0.29, 0.717) is 0 Å². The topological polar surface area (TPSA) is 43.2 Å². The lowest BCUT2D eigenvalue weighted by Gasteiger charge is -2.21. The van der Waals surface area contributed by atoms with Crippen LogP contribution in [0.25, 0.3) is 11.4 Å². The van der Waals surface area contributed by atoms with Crippen LogP contribution in [-0.4, -0.2) is 39.9 Å². The molecular weight excluding hydrogens is 336 g/mol. The van der Waals surface area contributed by atoms with Crippen molar-refractivity contribution in [2.75, 3.05) is 20.2 Å². The number of benzene rings is 2. The Labute approximate surface area is 160 Å². The van der Waals surface area contributed by atoms with Crippen molar-refractivity contribution >= 4 is 0 Å². The smallest absolute Gasteiger partial charge is 0.164 e. The average Bonchev–Trinajstić information content (AvgIpc) is 2.99. The maximum absolute atomic E-state index is 5.45. The summed E-state index contributed by atoms with van der Waals surface area (Å²) in [6, 6.07) is 14.7. The van der Waals surface area contributed by atoms with E-state index in [1.54, 1.807) is 7.11 Å². The Morgan fingerprint density at radius 2 is 1.78 bits per heavy atom. The van der Waals surface area contributed by atoms with Crippen molar-refractivity contribution < 1.29 is 4.74 Å². The Hall–Kier alpha value is -2.66. The van der Waals surface area contributed by atoms with Crippen LogP contribution >= 0.6 is 0 Å². The second-order valence-corrected chi connectivity index (χ2v) is 7.23. The minimum atomic E-state index is 0.917. The molecule has 5 heteroatoms. The van der Waals surface area contributed by atoms with Gasteiger partial charge in [-0.05, 0) is 36.6 Å². The highest BCUT2D eigenvalue weighted by atomic mass is 16.5. The highest BCUT2D eigenvalue weighted by Gasteiger charge is 2.20. The molecule has 2 aromatic carbocycles. The number of nitrogens with zero attached hydrogens (tertiary/aromatic N) is 4. The van der Waals surface area contributed by atoms with E-state index in [1.807, 2.05) is 6.07 Å². The Morgan fingerprint density at radius 1 is 0.963 bits per heavy atom. The van der Waals surface area contributed by atoms with Crippen molar-refractivity contribution in [3.05, 3.63) is 65.0 Å². The average molecular weight is 362 g/mol. The van der Waals surface area contributed by atoms with Gasteiger partial charge in [0.05, 0.1) is 7.11 Å². The molecule has 0 fully saturated rings. The van der Waals surface area contributed by atoms with Crippen LogP contribution < -0.4 is 4.74 Å². The van der Waals surface area contributed by atoms with Gasteiger partial charge in [0.25, 0.3) is 0 Å². The molecule has 140 valence electrons. The third kappa shape index (κ3) is 3.60. The maximum Gasteiger partial charge on any atom is 0.164 e. The second kappa shape index (κ2) is 7.53. The van der Waals surface area contributed by atoms with Crippen molar-refractivity contribution in [2.24, 2.45) is 0 Å². The number of rotatable bonds is 4. The van der Waals surface area contributed by atoms with Gasteiger partial charge in [-0.2, -0.15) is 0 Å². The van der Waals surface area contributed by atoms with Gasteiger partial charge in [0.2, 0.25) is 0 Å². The summed E-state index contributed by atoms with van der Waals surface area (Å²) in [5.74, 6) is 3.02. The van der Waals surface area contributed by atoms with E-state index < -0.39 is 0 Å². The molecule has 0 saturated carbocycles. The van der Waals surface area contributed by atoms with Gasteiger partial charge < -0.3 is 9.30 Å². The van der Waals surface area contributed by atoms with Gasteiger partial charge in [-0.3, -0.25) is 4.90 Å². The molecular formula is C22H26N4O. The van der Waals surface area contributed by atoms with Crippen molar-refractivity contribution in [1.82, 2.24) is 19.7 Å². The van der Waals surface area contributed by atoms with Gasteiger partial charge in [0, 0.05) is 38.2 Å². The summed E-state index contributed by atoms with van der Waals surface area (Å²) >= 11 is 0. The number of hydrogen-bond acceptors (Lipinski definition) is 4. The molecule has 4 rings (SSSR count). The zero-order valence-electron chi connectivity index (χ0n) is 16.3. The zero-order chi connectivity index (χ0) is 18.8. The van der Waals surface area contributed by atoms with Crippen LogP contribution in [0, 0.1) is 13.8 Å². The molecule has 0 aliphatic carbocycles. The lowest BCUT2D eigenvalue weighted by atomic mass is 10.0. The van der Waals surface area contributed by atoms with E-state index in [4.69, 9.17) is 4.74 Å². The Balaban J connectivity index is 1.51. The SMILES string of the molecule is COc1cc(C)c(CN2CCc3nnc(-c4ccccc4)n3CC2)cc1C. The number of methoxy groups -OCH3 is 1. The molecule has 0 bridgehead atoms. The van der Waals surface area contributed by atoms with Crippen molar-refractivity contribution in [3.63, 3.8) is 0 Å². The fourth-order valence-electron chi connectivity index (χ4n) is 3.81. The predicted octanol–water partition coefficient (Wildman–Crippen LogP) is 3.63. The number of aromatic nitrogens is 3. The van der Waals surface area contributed by atoms with Gasteiger partial charge in [0.15, 0.2) is 5.82 Å². The molecule has 5 nitrogen and oxygen atoms in total. The van der Waals surface area contributed by atoms with Crippen LogP contribution in [0.15, 0.2) is 42.5 Å². The second-order valence-electron chi connectivity index (χ2n) is 7.23. The molecule has 0 spiro atoms. The fraction of sp³-hybridized carbons (Fsp3) is 0.364. The Bertz CT molecular complexity index is 933. The van der Waals surface area contributed by atoms with Crippen LogP contribution in [0.5, 0.6) is 5.75 Å². The Kier molecular flexibility index (Phi) is 4.94. The molecule has 0 amide bonds. The molecule has 27 heavy (non-hydrogen) atoms. The third-order valence-corrected chi connectivity index (χ3v) is 5.40. The third-order valence-electron chi connectivity index (χ3n) is 5.40. The lowest BCUT2D eigenvalue weighted by molar-refractivity contribution is 0.270. The zero-order valence-corrected chi connectivity index (χ0v) is 16.3. The first-order chi connectivity index (χ1) is 13.2.